The predicted molar refractivity (Wildman–Crippen MR) is 72.2 cm³/mol. The maximum Gasteiger partial charge on any atom is 0.327 e. The first-order valence-electron chi connectivity index (χ1n) is 5.49. The molecule has 0 aliphatic carbocycles. The van der Waals surface area contributed by atoms with Gasteiger partial charge in [-0.15, -0.1) is 0 Å². The lowest BCUT2D eigenvalue weighted by molar-refractivity contribution is -0.141. The Bertz CT molecular complexity index is 571. The highest BCUT2D eigenvalue weighted by molar-refractivity contribution is 7.89. The molecule has 0 aromatic heterocycles. The molecular formula is C11H17N3O4S. The molecule has 1 aromatic carbocycles. The van der Waals surface area contributed by atoms with Gasteiger partial charge in [-0.3, -0.25) is 0 Å². The summed E-state index contributed by atoms with van der Waals surface area (Å²) < 4.78 is 30.1. The number of ether oxygens (including phenoxy) is 1. The van der Waals surface area contributed by atoms with E-state index in [-0.39, 0.29) is 4.90 Å². The SMILES string of the molecule is CNS(=O)(=O)c1ccc(N)c(NC(C)C(=O)OC)c1. The Morgan fingerprint density at radius 3 is 2.58 bits per heavy atom. The molecule has 0 bridgehead atoms. The fourth-order valence-electron chi connectivity index (χ4n) is 1.41. The molecule has 0 spiro atoms. The minimum absolute atomic E-state index is 0.0590. The number of hydrogen-bond acceptors (Lipinski definition) is 6. The number of methoxy groups -OCH3 is 1. The van der Waals surface area contributed by atoms with Gasteiger partial charge < -0.3 is 15.8 Å². The molecule has 0 heterocycles. The first-order valence-corrected chi connectivity index (χ1v) is 6.97. The topological polar surface area (TPSA) is 111 Å². The fourth-order valence-corrected chi connectivity index (χ4v) is 2.17. The highest BCUT2D eigenvalue weighted by Crippen LogP contribution is 2.23. The molecular weight excluding hydrogens is 270 g/mol. The van der Waals surface area contributed by atoms with E-state index in [4.69, 9.17) is 5.73 Å². The lowest BCUT2D eigenvalue weighted by Gasteiger charge is -2.15. The highest BCUT2D eigenvalue weighted by Gasteiger charge is 2.17. The van der Waals surface area contributed by atoms with Crippen molar-refractivity contribution in [1.29, 1.82) is 0 Å². The Labute approximate surface area is 112 Å². The average molecular weight is 287 g/mol. The third-order valence-electron chi connectivity index (χ3n) is 2.53. The van der Waals surface area contributed by atoms with E-state index in [0.29, 0.717) is 11.4 Å². The first-order chi connectivity index (χ1) is 8.81. The lowest BCUT2D eigenvalue weighted by atomic mass is 10.2. The lowest BCUT2D eigenvalue weighted by Crippen LogP contribution is -2.28. The molecule has 0 fully saturated rings. The van der Waals surface area contributed by atoms with Gasteiger partial charge in [0.25, 0.3) is 0 Å². The molecule has 4 N–H and O–H groups in total. The molecule has 0 radical (unpaired) electrons. The number of rotatable bonds is 5. The number of carbonyl (C=O) groups is 1. The van der Waals surface area contributed by atoms with Crippen LogP contribution in [0.5, 0.6) is 0 Å². The summed E-state index contributed by atoms with van der Waals surface area (Å²) in [5, 5.41) is 2.81. The third kappa shape index (κ3) is 3.58. The summed E-state index contributed by atoms with van der Waals surface area (Å²) >= 11 is 0. The average Bonchev–Trinajstić information content (AvgIpc) is 2.39. The molecule has 0 saturated heterocycles. The number of carbonyl (C=O) groups excluding carboxylic acids is 1. The van der Waals surface area contributed by atoms with Crippen molar-refractivity contribution in [2.75, 3.05) is 25.2 Å². The van der Waals surface area contributed by atoms with Gasteiger partial charge in [0, 0.05) is 0 Å². The summed E-state index contributed by atoms with van der Waals surface area (Å²) in [5.74, 6) is -0.471. The van der Waals surface area contributed by atoms with E-state index >= 15 is 0 Å². The van der Waals surface area contributed by atoms with Gasteiger partial charge >= 0.3 is 5.97 Å². The van der Waals surface area contributed by atoms with Crippen LogP contribution in [0.25, 0.3) is 0 Å². The summed E-state index contributed by atoms with van der Waals surface area (Å²) in [6.45, 7) is 1.59. The molecule has 106 valence electrons. The summed E-state index contributed by atoms with van der Waals surface area (Å²) in [6, 6.07) is 3.56. The number of nitrogens with one attached hydrogen (secondary N) is 2. The number of hydrogen-bond donors (Lipinski definition) is 3. The van der Waals surface area contributed by atoms with Crippen LogP contribution in [0.1, 0.15) is 6.92 Å². The molecule has 1 unspecified atom stereocenters. The second-order valence-electron chi connectivity index (χ2n) is 3.85. The van der Waals surface area contributed by atoms with Crippen LogP contribution in [-0.2, 0) is 19.6 Å². The van der Waals surface area contributed by atoms with Crippen LogP contribution >= 0.6 is 0 Å². The van der Waals surface area contributed by atoms with E-state index in [0.717, 1.165) is 0 Å². The second kappa shape index (κ2) is 5.89. The highest BCUT2D eigenvalue weighted by atomic mass is 32.2. The van der Waals surface area contributed by atoms with E-state index in [1.165, 1.54) is 32.4 Å². The maximum absolute atomic E-state index is 11.7. The molecule has 19 heavy (non-hydrogen) atoms. The van der Waals surface area contributed by atoms with Gasteiger partial charge in [0.15, 0.2) is 0 Å². The van der Waals surface area contributed by atoms with Gasteiger partial charge in [0.1, 0.15) is 6.04 Å². The number of nitrogens with two attached hydrogens (primary N) is 1. The predicted octanol–water partition coefficient (Wildman–Crippen LogP) is 0.150. The van der Waals surface area contributed by atoms with E-state index in [2.05, 4.69) is 14.8 Å². The quantitative estimate of drug-likeness (QED) is 0.525. The van der Waals surface area contributed by atoms with Crippen LogP contribution in [0.3, 0.4) is 0 Å². The van der Waals surface area contributed by atoms with Crippen molar-refractivity contribution in [2.45, 2.75) is 17.9 Å². The minimum atomic E-state index is -3.56. The summed E-state index contributed by atoms with van der Waals surface area (Å²) in [6.07, 6.45) is 0. The first kappa shape index (κ1) is 15.3. The zero-order chi connectivity index (χ0) is 14.6. The molecule has 1 atom stereocenters. The van der Waals surface area contributed by atoms with Crippen LogP contribution in [0, 0.1) is 0 Å². The van der Waals surface area contributed by atoms with Gasteiger partial charge in [0.2, 0.25) is 10.0 Å². The van der Waals surface area contributed by atoms with E-state index in [1.54, 1.807) is 6.92 Å². The van der Waals surface area contributed by atoms with Crippen molar-refractivity contribution in [2.24, 2.45) is 0 Å². The third-order valence-corrected chi connectivity index (χ3v) is 3.94. The summed E-state index contributed by atoms with van der Waals surface area (Å²) in [7, 11) is -0.976. The van der Waals surface area contributed by atoms with Crippen LogP contribution < -0.4 is 15.8 Å². The largest absolute Gasteiger partial charge is 0.467 e. The molecule has 7 nitrogen and oxygen atoms in total. The van der Waals surface area contributed by atoms with Gasteiger partial charge in [0.05, 0.1) is 23.4 Å². The molecule has 0 aliphatic heterocycles. The molecule has 0 saturated carbocycles. The van der Waals surface area contributed by atoms with Crippen molar-refractivity contribution in [1.82, 2.24) is 4.72 Å². The van der Waals surface area contributed by atoms with Crippen LogP contribution in [-0.4, -0.2) is 34.6 Å². The van der Waals surface area contributed by atoms with Crippen molar-refractivity contribution >= 4 is 27.4 Å². The zero-order valence-corrected chi connectivity index (χ0v) is 11.7. The monoisotopic (exact) mass is 287 g/mol. The van der Waals surface area contributed by atoms with Crippen LogP contribution in [0.2, 0.25) is 0 Å². The van der Waals surface area contributed by atoms with Crippen LogP contribution in [0.4, 0.5) is 11.4 Å². The van der Waals surface area contributed by atoms with E-state index in [1.807, 2.05) is 0 Å². The van der Waals surface area contributed by atoms with Gasteiger partial charge in [-0.2, -0.15) is 0 Å². The zero-order valence-electron chi connectivity index (χ0n) is 10.9. The van der Waals surface area contributed by atoms with Crippen molar-refractivity contribution in [3.05, 3.63) is 18.2 Å². The molecule has 0 aliphatic rings. The standard InChI is InChI=1S/C11H17N3O4S/c1-7(11(15)18-3)14-10-6-8(4-5-9(10)12)19(16,17)13-2/h4-7,13-14H,12H2,1-3H3. The number of esters is 1. The minimum Gasteiger partial charge on any atom is -0.467 e. The number of sulfonamides is 1. The Morgan fingerprint density at radius 2 is 2.05 bits per heavy atom. The van der Waals surface area contributed by atoms with E-state index in [9.17, 15) is 13.2 Å². The molecule has 1 aromatic rings. The summed E-state index contributed by atoms with van der Waals surface area (Å²) in [4.78, 5) is 11.4. The Balaban J connectivity index is 3.08. The van der Waals surface area contributed by atoms with Crippen molar-refractivity contribution < 1.29 is 17.9 Å². The van der Waals surface area contributed by atoms with Crippen LogP contribution in [0.15, 0.2) is 23.1 Å². The van der Waals surface area contributed by atoms with Gasteiger partial charge in [-0.05, 0) is 32.2 Å². The number of anilines is 2. The molecule has 0 amide bonds. The van der Waals surface area contributed by atoms with Crippen molar-refractivity contribution in [3.8, 4) is 0 Å². The molecule has 8 heteroatoms. The van der Waals surface area contributed by atoms with Gasteiger partial charge in [-0.1, -0.05) is 0 Å². The maximum atomic E-state index is 11.7. The Kier molecular flexibility index (Phi) is 4.73. The number of benzene rings is 1. The number of nitrogen functional groups attached to an aromatic ring is 1. The molecule has 1 rings (SSSR count). The second-order valence-corrected chi connectivity index (χ2v) is 5.73. The van der Waals surface area contributed by atoms with Gasteiger partial charge in [-0.25, -0.2) is 17.9 Å². The smallest absolute Gasteiger partial charge is 0.327 e. The Morgan fingerprint density at radius 1 is 1.42 bits per heavy atom. The Hall–Kier alpha value is -1.80. The van der Waals surface area contributed by atoms with E-state index < -0.39 is 22.0 Å². The fraction of sp³-hybridized carbons (Fsp3) is 0.364. The van der Waals surface area contributed by atoms with Crippen molar-refractivity contribution in [3.63, 3.8) is 0 Å². The normalized spacial score (nSPS) is 12.8. The summed E-state index contributed by atoms with van der Waals surface area (Å²) in [5.41, 5.74) is 6.43.